The van der Waals surface area contributed by atoms with Gasteiger partial charge in [-0.25, -0.2) is 4.79 Å². The highest BCUT2D eigenvalue weighted by Crippen LogP contribution is 2.07. The van der Waals surface area contributed by atoms with Crippen LogP contribution < -0.4 is 0 Å². The van der Waals surface area contributed by atoms with Crippen LogP contribution in [0, 0.1) is 0 Å². The number of Topliss-reactive ketones (excluding diaryl/α,β-unsaturated/α-hetero) is 1. The lowest BCUT2D eigenvalue weighted by atomic mass is 10.3. The molecule has 0 aliphatic carbocycles. The van der Waals surface area contributed by atoms with Gasteiger partial charge in [0.05, 0.1) is 5.88 Å². The number of carbonyl (C=O) groups is 2. The molecule has 0 radical (unpaired) electrons. The van der Waals surface area contributed by atoms with Gasteiger partial charge in [0, 0.05) is 0 Å². The van der Waals surface area contributed by atoms with Crippen LogP contribution in [0.1, 0.15) is 6.92 Å². The minimum atomic E-state index is -0.829. The normalized spacial score (nSPS) is 13.2. The van der Waals surface area contributed by atoms with Crippen molar-refractivity contribution in [2.45, 2.75) is 12.4 Å². The maximum atomic E-state index is 11.4. The molecule has 86 valence electrons. The molecule has 0 saturated heterocycles. The monoisotopic (exact) mass is 253 g/mol. The van der Waals surface area contributed by atoms with Crippen molar-refractivity contribution in [3.63, 3.8) is 0 Å². The standard InChI is InChI=1S/C8H12ClNO4S/c1-5(15-3)14-8(12)7(10-13-2)6(11)4-9/h5H,4H2,1-3H3. The Balaban J connectivity index is 4.58. The average molecular weight is 254 g/mol. The number of carbonyl (C=O) groups excluding carboxylic acids is 2. The number of oxime groups is 1. The van der Waals surface area contributed by atoms with Crippen LogP contribution in [0.2, 0.25) is 0 Å². The van der Waals surface area contributed by atoms with E-state index in [1.165, 1.54) is 18.9 Å². The number of hydrogen-bond acceptors (Lipinski definition) is 6. The summed E-state index contributed by atoms with van der Waals surface area (Å²) in [6.07, 6.45) is 1.77. The number of ether oxygens (including phenoxy) is 1. The minimum absolute atomic E-state index is 0.342. The van der Waals surface area contributed by atoms with Gasteiger partial charge in [-0.1, -0.05) is 5.16 Å². The Morgan fingerprint density at radius 3 is 2.53 bits per heavy atom. The number of nitrogens with zero attached hydrogens (tertiary/aromatic N) is 1. The second kappa shape index (κ2) is 7.53. The zero-order chi connectivity index (χ0) is 11.8. The topological polar surface area (TPSA) is 65.0 Å². The highest BCUT2D eigenvalue weighted by Gasteiger charge is 2.23. The summed E-state index contributed by atoms with van der Waals surface area (Å²) in [5.74, 6) is -1.80. The van der Waals surface area contributed by atoms with Gasteiger partial charge < -0.3 is 9.57 Å². The van der Waals surface area contributed by atoms with E-state index < -0.39 is 17.5 Å². The first-order valence-electron chi connectivity index (χ1n) is 4.00. The molecular formula is C8H12ClNO4S. The number of ketones is 1. The number of esters is 1. The SMILES string of the molecule is CON=C(C(=O)CCl)C(=O)OC(C)SC. The Morgan fingerprint density at radius 1 is 1.53 bits per heavy atom. The van der Waals surface area contributed by atoms with Crippen molar-refractivity contribution >= 4 is 40.8 Å². The molecule has 1 atom stereocenters. The third-order valence-electron chi connectivity index (χ3n) is 1.37. The van der Waals surface area contributed by atoms with Crippen molar-refractivity contribution in [1.29, 1.82) is 0 Å². The van der Waals surface area contributed by atoms with Gasteiger partial charge in [-0.05, 0) is 13.2 Å². The molecule has 15 heavy (non-hydrogen) atoms. The van der Waals surface area contributed by atoms with E-state index in [0.717, 1.165) is 0 Å². The van der Waals surface area contributed by atoms with Crippen molar-refractivity contribution in [2.24, 2.45) is 5.16 Å². The first-order chi connectivity index (χ1) is 7.06. The third-order valence-corrected chi connectivity index (χ3v) is 2.37. The Bertz CT molecular complexity index is 269. The molecule has 0 aromatic rings. The van der Waals surface area contributed by atoms with E-state index in [2.05, 4.69) is 9.99 Å². The fourth-order valence-corrected chi connectivity index (χ4v) is 0.921. The Morgan fingerprint density at radius 2 is 2.13 bits per heavy atom. The predicted octanol–water partition coefficient (Wildman–Crippen LogP) is 1.05. The van der Waals surface area contributed by atoms with Crippen LogP contribution in [-0.4, -0.2) is 42.1 Å². The van der Waals surface area contributed by atoms with E-state index in [0.29, 0.717) is 0 Å². The first-order valence-corrected chi connectivity index (χ1v) is 5.83. The van der Waals surface area contributed by atoms with E-state index in [1.807, 2.05) is 0 Å². The highest BCUT2D eigenvalue weighted by molar-refractivity contribution is 7.99. The Kier molecular flexibility index (Phi) is 7.15. The van der Waals surface area contributed by atoms with Crippen molar-refractivity contribution in [3.05, 3.63) is 0 Å². The molecular weight excluding hydrogens is 242 g/mol. The van der Waals surface area contributed by atoms with Crippen molar-refractivity contribution < 1.29 is 19.2 Å². The predicted molar refractivity (Wildman–Crippen MR) is 59.2 cm³/mol. The van der Waals surface area contributed by atoms with Crippen molar-refractivity contribution in [3.8, 4) is 0 Å². The minimum Gasteiger partial charge on any atom is -0.447 e. The van der Waals surface area contributed by atoms with Gasteiger partial charge in [-0.3, -0.25) is 4.79 Å². The molecule has 7 heteroatoms. The third kappa shape index (κ3) is 5.03. The average Bonchev–Trinajstić information content (AvgIpc) is 2.24. The first kappa shape index (κ1) is 14.2. The van der Waals surface area contributed by atoms with Gasteiger partial charge in [0.25, 0.3) is 0 Å². The van der Waals surface area contributed by atoms with Crippen LogP contribution in [0.3, 0.4) is 0 Å². The molecule has 0 saturated carbocycles. The van der Waals surface area contributed by atoms with Crippen LogP contribution in [0.15, 0.2) is 5.16 Å². The molecule has 0 amide bonds. The second-order valence-corrected chi connectivity index (χ2v) is 3.79. The molecule has 5 nitrogen and oxygen atoms in total. The van der Waals surface area contributed by atoms with Crippen LogP contribution in [0.4, 0.5) is 0 Å². The summed E-state index contributed by atoms with van der Waals surface area (Å²) >= 11 is 6.62. The quantitative estimate of drug-likeness (QED) is 0.177. The van der Waals surface area contributed by atoms with E-state index in [-0.39, 0.29) is 11.3 Å². The molecule has 0 bridgehead atoms. The fraction of sp³-hybridized carbons (Fsp3) is 0.625. The maximum Gasteiger partial charge on any atom is 0.365 e. The summed E-state index contributed by atoms with van der Waals surface area (Å²) in [6.45, 7) is 1.68. The number of hydrogen-bond donors (Lipinski definition) is 0. The summed E-state index contributed by atoms with van der Waals surface area (Å²) in [6, 6.07) is 0. The number of rotatable bonds is 6. The van der Waals surface area contributed by atoms with Crippen molar-refractivity contribution in [2.75, 3.05) is 19.2 Å². The van der Waals surface area contributed by atoms with Crippen LogP contribution in [-0.2, 0) is 19.2 Å². The zero-order valence-corrected chi connectivity index (χ0v) is 10.2. The summed E-state index contributed by atoms with van der Waals surface area (Å²) in [5.41, 5.74) is -0.781. The van der Waals surface area contributed by atoms with Gasteiger partial charge in [0.2, 0.25) is 11.5 Å². The van der Waals surface area contributed by atoms with Gasteiger partial charge in [0.15, 0.2) is 0 Å². The van der Waals surface area contributed by atoms with E-state index in [9.17, 15) is 9.59 Å². The largest absolute Gasteiger partial charge is 0.447 e. The molecule has 0 aromatic carbocycles. The molecule has 0 spiro atoms. The zero-order valence-electron chi connectivity index (χ0n) is 8.65. The molecule has 0 aromatic heterocycles. The van der Waals surface area contributed by atoms with Gasteiger partial charge in [-0.2, -0.15) is 0 Å². The number of alkyl halides is 1. The van der Waals surface area contributed by atoms with E-state index >= 15 is 0 Å². The molecule has 0 aliphatic rings. The summed E-state index contributed by atoms with van der Waals surface area (Å²) < 4.78 is 4.87. The van der Waals surface area contributed by atoms with Gasteiger partial charge in [-0.15, -0.1) is 23.4 Å². The molecule has 0 aliphatic heterocycles. The lowest BCUT2D eigenvalue weighted by Crippen LogP contribution is -2.29. The molecule has 0 fully saturated rings. The van der Waals surface area contributed by atoms with Crippen LogP contribution in [0.5, 0.6) is 0 Å². The Hall–Kier alpha value is -0.750. The molecule has 1 unspecified atom stereocenters. The van der Waals surface area contributed by atoms with Crippen molar-refractivity contribution in [1.82, 2.24) is 0 Å². The lowest BCUT2D eigenvalue weighted by Gasteiger charge is -2.09. The van der Waals surface area contributed by atoms with Crippen LogP contribution in [0.25, 0.3) is 0 Å². The molecule has 0 rings (SSSR count). The summed E-state index contributed by atoms with van der Waals surface area (Å²) in [5, 5.41) is 3.28. The maximum absolute atomic E-state index is 11.4. The van der Waals surface area contributed by atoms with E-state index in [4.69, 9.17) is 16.3 Å². The van der Waals surface area contributed by atoms with Gasteiger partial charge in [0.1, 0.15) is 12.5 Å². The highest BCUT2D eigenvalue weighted by atomic mass is 35.5. The van der Waals surface area contributed by atoms with Crippen LogP contribution >= 0.6 is 23.4 Å². The number of halogens is 1. The van der Waals surface area contributed by atoms with Gasteiger partial charge >= 0.3 is 5.97 Å². The van der Waals surface area contributed by atoms with E-state index in [1.54, 1.807) is 13.2 Å². The smallest absolute Gasteiger partial charge is 0.365 e. The molecule has 0 heterocycles. The fourth-order valence-electron chi connectivity index (χ4n) is 0.611. The summed E-state index contributed by atoms with van der Waals surface area (Å²) in [7, 11) is 1.23. The second-order valence-electron chi connectivity index (χ2n) is 2.39. The lowest BCUT2D eigenvalue weighted by molar-refractivity contribution is -0.137. The molecule has 0 N–H and O–H groups in total. The summed E-state index contributed by atoms with van der Waals surface area (Å²) in [4.78, 5) is 26.9. The Labute approximate surface area is 97.1 Å². The number of thioether (sulfide) groups is 1.